The number of hydrogen-bond donors (Lipinski definition) is 2. The first kappa shape index (κ1) is 12.8. The van der Waals surface area contributed by atoms with Crippen LogP contribution in [0.5, 0.6) is 0 Å². The Morgan fingerprint density at radius 3 is 2.73 bits per heavy atom. The minimum Gasteiger partial charge on any atom is -0.481 e. The molecule has 1 fully saturated rings. The van der Waals surface area contributed by atoms with Crippen molar-refractivity contribution >= 4 is 17.7 Å². The summed E-state index contributed by atoms with van der Waals surface area (Å²) < 4.78 is 0. The number of aliphatic hydroxyl groups is 1. The maximum Gasteiger partial charge on any atom is 0.313 e. The number of rotatable bonds is 6. The Kier molecular flexibility index (Phi) is 5.47. The van der Waals surface area contributed by atoms with Crippen LogP contribution in [0.3, 0.4) is 0 Å². The van der Waals surface area contributed by atoms with Crippen molar-refractivity contribution in [3.8, 4) is 0 Å². The van der Waals surface area contributed by atoms with Crippen molar-refractivity contribution in [2.75, 3.05) is 12.4 Å². The van der Waals surface area contributed by atoms with Gasteiger partial charge in [-0.15, -0.1) is 11.8 Å². The summed E-state index contributed by atoms with van der Waals surface area (Å²) in [6.07, 6.45) is 4.35. The van der Waals surface area contributed by atoms with Crippen LogP contribution in [0.2, 0.25) is 0 Å². The van der Waals surface area contributed by atoms with Gasteiger partial charge in [-0.25, -0.2) is 0 Å². The highest BCUT2D eigenvalue weighted by Crippen LogP contribution is 2.38. The zero-order valence-electron chi connectivity index (χ0n) is 9.19. The van der Waals surface area contributed by atoms with Crippen molar-refractivity contribution in [1.29, 1.82) is 0 Å². The predicted molar refractivity (Wildman–Crippen MR) is 62.1 cm³/mol. The molecule has 1 aliphatic rings. The summed E-state index contributed by atoms with van der Waals surface area (Å²) in [5.74, 6) is 0.542. The maximum absolute atomic E-state index is 10.5. The lowest BCUT2D eigenvalue weighted by Crippen LogP contribution is -2.16. The van der Waals surface area contributed by atoms with Crippen LogP contribution in [0.25, 0.3) is 0 Å². The molecule has 3 atom stereocenters. The van der Waals surface area contributed by atoms with Gasteiger partial charge >= 0.3 is 5.97 Å². The molecule has 0 aliphatic heterocycles. The molecule has 0 amide bonds. The molecule has 0 aromatic rings. The molecule has 0 heterocycles. The summed E-state index contributed by atoms with van der Waals surface area (Å²) in [5.41, 5.74) is 0. The first-order chi connectivity index (χ1) is 7.17. The minimum atomic E-state index is -0.727. The van der Waals surface area contributed by atoms with Gasteiger partial charge in [0.05, 0.1) is 5.75 Å². The molecule has 1 aliphatic carbocycles. The van der Waals surface area contributed by atoms with Crippen LogP contribution < -0.4 is 0 Å². The van der Waals surface area contributed by atoms with Crippen LogP contribution in [0, 0.1) is 11.8 Å². The fraction of sp³-hybridized carbons (Fsp3) is 0.909. The van der Waals surface area contributed by atoms with Crippen LogP contribution in [0.4, 0.5) is 0 Å². The van der Waals surface area contributed by atoms with Gasteiger partial charge in [-0.1, -0.05) is 6.92 Å². The van der Waals surface area contributed by atoms with Gasteiger partial charge in [0.15, 0.2) is 0 Å². The molecule has 3 unspecified atom stereocenters. The van der Waals surface area contributed by atoms with Crippen molar-refractivity contribution < 1.29 is 15.0 Å². The Morgan fingerprint density at radius 2 is 2.27 bits per heavy atom. The summed E-state index contributed by atoms with van der Waals surface area (Å²) in [6.45, 7) is 2.41. The van der Waals surface area contributed by atoms with Gasteiger partial charge in [0.25, 0.3) is 0 Å². The highest BCUT2D eigenvalue weighted by Gasteiger charge is 2.30. The number of thioether (sulfide) groups is 1. The Hall–Kier alpha value is -0.220. The average Bonchev–Trinajstić information content (AvgIpc) is 2.67. The molecule has 0 bridgehead atoms. The lowest BCUT2D eigenvalue weighted by molar-refractivity contribution is -0.133. The number of aliphatic hydroxyl groups excluding tert-OH is 1. The van der Waals surface area contributed by atoms with E-state index in [1.165, 1.54) is 0 Å². The van der Waals surface area contributed by atoms with Gasteiger partial charge in [-0.3, -0.25) is 4.79 Å². The molecule has 4 heteroatoms. The first-order valence-corrected chi connectivity index (χ1v) is 6.66. The fourth-order valence-electron chi connectivity index (χ4n) is 2.38. The molecular weight excluding hydrogens is 212 g/mol. The summed E-state index contributed by atoms with van der Waals surface area (Å²) >= 11 is 1.56. The van der Waals surface area contributed by atoms with E-state index in [0.29, 0.717) is 17.1 Å². The molecule has 15 heavy (non-hydrogen) atoms. The lowest BCUT2D eigenvalue weighted by atomic mass is 10.00. The Labute approximate surface area is 95.3 Å². The Morgan fingerprint density at radius 1 is 1.53 bits per heavy atom. The number of carboxylic acid groups (broad SMARTS) is 1. The van der Waals surface area contributed by atoms with E-state index in [2.05, 4.69) is 6.92 Å². The molecular formula is C11H20O3S. The molecule has 1 saturated carbocycles. The number of carboxylic acids is 1. The van der Waals surface area contributed by atoms with Crippen molar-refractivity contribution in [2.24, 2.45) is 11.8 Å². The smallest absolute Gasteiger partial charge is 0.313 e. The van der Waals surface area contributed by atoms with Crippen LogP contribution in [0.15, 0.2) is 0 Å². The fourth-order valence-corrected chi connectivity index (χ4v) is 3.49. The van der Waals surface area contributed by atoms with Crippen LogP contribution >= 0.6 is 11.8 Å². The standard InChI is InChI=1S/C11H20O3S/c1-2-10(15-7-11(13)14)9-4-3-8(5-9)6-12/h8-10,12H,2-7H2,1H3,(H,13,14). The van der Waals surface area contributed by atoms with E-state index in [4.69, 9.17) is 10.2 Å². The zero-order chi connectivity index (χ0) is 11.3. The van der Waals surface area contributed by atoms with Gasteiger partial charge in [-0.2, -0.15) is 0 Å². The molecule has 0 aromatic heterocycles. The molecule has 3 nitrogen and oxygen atoms in total. The van der Waals surface area contributed by atoms with Gasteiger partial charge < -0.3 is 10.2 Å². The van der Waals surface area contributed by atoms with Crippen LogP contribution in [-0.2, 0) is 4.79 Å². The van der Waals surface area contributed by atoms with Crippen molar-refractivity contribution in [3.05, 3.63) is 0 Å². The van der Waals surface area contributed by atoms with E-state index in [1.807, 2.05) is 0 Å². The molecule has 0 aromatic carbocycles. The molecule has 0 radical (unpaired) electrons. The third-order valence-corrected chi connectivity index (χ3v) is 4.75. The van der Waals surface area contributed by atoms with Gasteiger partial charge in [0, 0.05) is 11.9 Å². The summed E-state index contributed by atoms with van der Waals surface area (Å²) in [7, 11) is 0. The van der Waals surface area contributed by atoms with Crippen LogP contribution in [0.1, 0.15) is 32.6 Å². The second kappa shape index (κ2) is 6.38. The highest BCUT2D eigenvalue weighted by atomic mass is 32.2. The number of carbonyl (C=O) groups is 1. The molecule has 0 saturated heterocycles. The predicted octanol–water partition coefficient (Wildman–Crippen LogP) is 1.99. The van der Waals surface area contributed by atoms with Gasteiger partial charge in [0.1, 0.15) is 0 Å². The zero-order valence-corrected chi connectivity index (χ0v) is 10.0. The molecule has 2 N–H and O–H groups in total. The normalized spacial score (nSPS) is 27.9. The van der Waals surface area contributed by atoms with Crippen molar-refractivity contribution in [1.82, 2.24) is 0 Å². The number of hydrogen-bond acceptors (Lipinski definition) is 3. The summed E-state index contributed by atoms with van der Waals surface area (Å²) in [5, 5.41) is 18.1. The van der Waals surface area contributed by atoms with E-state index >= 15 is 0 Å². The van der Waals surface area contributed by atoms with E-state index in [-0.39, 0.29) is 12.4 Å². The van der Waals surface area contributed by atoms with E-state index < -0.39 is 5.97 Å². The van der Waals surface area contributed by atoms with E-state index in [9.17, 15) is 4.79 Å². The lowest BCUT2D eigenvalue weighted by Gasteiger charge is -2.20. The van der Waals surface area contributed by atoms with Gasteiger partial charge in [-0.05, 0) is 37.5 Å². The Bertz CT molecular complexity index is 208. The average molecular weight is 232 g/mol. The third kappa shape index (κ3) is 4.03. The quantitative estimate of drug-likeness (QED) is 0.735. The highest BCUT2D eigenvalue weighted by molar-refractivity contribution is 8.00. The van der Waals surface area contributed by atoms with Crippen molar-refractivity contribution in [2.45, 2.75) is 37.9 Å². The summed E-state index contributed by atoms with van der Waals surface area (Å²) in [6, 6.07) is 0. The molecule has 1 rings (SSSR count). The van der Waals surface area contributed by atoms with Crippen molar-refractivity contribution in [3.63, 3.8) is 0 Å². The maximum atomic E-state index is 10.5. The SMILES string of the molecule is CCC(SCC(=O)O)C1CCC(CO)C1. The van der Waals surface area contributed by atoms with E-state index in [0.717, 1.165) is 25.7 Å². The van der Waals surface area contributed by atoms with Crippen LogP contribution in [-0.4, -0.2) is 33.8 Å². The number of aliphatic carboxylic acids is 1. The first-order valence-electron chi connectivity index (χ1n) is 5.61. The second-order valence-electron chi connectivity index (χ2n) is 4.27. The molecule has 0 spiro atoms. The van der Waals surface area contributed by atoms with E-state index in [1.54, 1.807) is 11.8 Å². The molecule has 88 valence electrons. The minimum absolute atomic E-state index is 0.207. The monoisotopic (exact) mass is 232 g/mol. The third-order valence-electron chi connectivity index (χ3n) is 3.19. The topological polar surface area (TPSA) is 57.5 Å². The van der Waals surface area contributed by atoms with Gasteiger partial charge in [0.2, 0.25) is 0 Å². The Balaban J connectivity index is 2.35. The second-order valence-corrected chi connectivity index (χ2v) is 5.50. The summed E-state index contributed by atoms with van der Waals surface area (Å²) in [4.78, 5) is 10.5. The largest absolute Gasteiger partial charge is 0.481 e.